The number of esters is 1. The van der Waals surface area contributed by atoms with Gasteiger partial charge < -0.3 is 14.6 Å². The van der Waals surface area contributed by atoms with Gasteiger partial charge in [-0.15, -0.1) is 11.3 Å². The fourth-order valence-corrected chi connectivity index (χ4v) is 3.79. The Morgan fingerprint density at radius 1 is 1.26 bits per heavy atom. The molecule has 5 nitrogen and oxygen atoms in total. The van der Waals surface area contributed by atoms with E-state index in [0.29, 0.717) is 11.3 Å². The molecule has 1 atom stereocenters. The molecule has 7 heteroatoms. The largest absolute Gasteiger partial charge is 0.467 e. The Morgan fingerprint density at radius 2 is 2.00 bits per heavy atom. The fourth-order valence-electron chi connectivity index (χ4n) is 2.97. The second kappa shape index (κ2) is 7.92. The topological polar surface area (TPSA) is 60.3 Å². The summed E-state index contributed by atoms with van der Waals surface area (Å²) in [6.45, 7) is 3.89. The second-order valence-electron chi connectivity index (χ2n) is 6.60. The number of ether oxygens (including phenoxy) is 1. The van der Waals surface area contributed by atoms with Crippen LogP contribution in [0.4, 0.5) is 4.39 Å². The lowest BCUT2D eigenvalue weighted by Crippen LogP contribution is -2.45. The molecule has 2 heterocycles. The van der Waals surface area contributed by atoms with E-state index < -0.39 is 12.0 Å². The minimum atomic E-state index is -0.752. The van der Waals surface area contributed by atoms with Crippen LogP contribution in [0.5, 0.6) is 0 Å². The number of hydrogen-bond donors (Lipinski definition) is 1. The summed E-state index contributed by atoms with van der Waals surface area (Å²) in [5.41, 5.74) is 1.73. The number of carbonyl (C=O) groups excluding carboxylic acids is 2. The first-order valence-electron chi connectivity index (χ1n) is 8.61. The van der Waals surface area contributed by atoms with E-state index >= 15 is 0 Å². The average Bonchev–Trinajstić information content (AvgIpc) is 3.23. The normalized spacial score (nSPS) is 12.3. The van der Waals surface area contributed by atoms with E-state index in [1.807, 2.05) is 25.3 Å². The van der Waals surface area contributed by atoms with Gasteiger partial charge in [0, 0.05) is 5.56 Å². The molecule has 0 unspecified atom stereocenters. The highest BCUT2D eigenvalue weighted by Crippen LogP contribution is 2.27. The maximum atomic E-state index is 14.1. The lowest BCUT2D eigenvalue weighted by Gasteiger charge is -2.20. The van der Waals surface area contributed by atoms with Crippen LogP contribution in [0.3, 0.4) is 0 Å². The Hall–Kier alpha value is -2.67. The highest BCUT2D eigenvalue weighted by Gasteiger charge is 2.27. The number of benzene rings is 1. The zero-order valence-corrected chi connectivity index (χ0v) is 16.2. The van der Waals surface area contributed by atoms with Gasteiger partial charge in [-0.25, -0.2) is 9.18 Å². The molecular formula is C20H21FN2O3S. The SMILES string of the molecule is COC(=O)[C@@H](NC(=O)c1cc2sccc2n1Cc1ccccc1F)C(C)C. The summed E-state index contributed by atoms with van der Waals surface area (Å²) < 4.78 is 21.6. The molecule has 3 rings (SSSR count). The summed E-state index contributed by atoms with van der Waals surface area (Å²) in [4.78, 5) is 24.9. The molecular weight excluding hydrogens is 367 g/mol. The first-order chi connectivity index (χ1) is 12.9. The van der Waals surface area contributed by atoms with Crippen LogP contribution in [0.2, 0.25) is 0 Å². The molecule has 27 heavy (non-hydrogen) atoms. The van der Waals surface area contributed by atoms with Gasteiger partial charge in [0.25, 0.3) is 5.91 Å². The molecule has 1 amide bonds. The van der Waals surface area contributed by atoms with Crippen molar-refractivity contribution in [3.63, 3.8) is 0 Å². The quantitative estimate of drug-likeness (QED) is 0.653. The molecule has 0 radical (unpaired) electrons. The Labute approximate surface area is 160 Å². The van der Waals surface area contributed by atoms with Gasteiger partial charge in [-0.3, -0.25) is 4.79 Å². The number of halogens is 1. The summed E-state index contributed by atoms with van der Waals surface area (Å²) in [6.07, 6.45) is 0. The van der Waals surface area contributed by atoms with Gasteiger partial charge in [0.05, 0.1) is 23.9 Å². The lowest BCUT2D eigenvalue weighted by atomic mass is 10.0. The van der Waals surface area contributed by atoms with Crippen molar-refractivity contribution in [1.82, 2.24) is 9.88 Å². The zero-order valence-electron chi connectivity index (χ0n) is 15.4. The summed E-state index contributed by atoms with van der Waals surface area (Å²) in [6, 6.07) is 9.40. The van der Waals surface area contributed by atoms with Crippen LogP contribution in [-0.4, -0.2) is 29.6 Å². The number of methoxy groups -OCH3 is 1. The Balaban J connectivity index is 1.96. The number of nitrogens with one attached hydrogen (secondary N) is 1. The van der Waals surface area contributed by atoms with E-state index in [-0.39, 0.29) is 24.2 Å². The maximum Gasteiger partial charge on any atom is 0.328 e. The number of amides is 1. The molecule has 0 aliphatic carbocycles. The van der Waals surface area contributed by atoms with E-state index in [1.54, 1.807) is 28.8 Å². The van der Waals surface area contributed by atoms with E-state index in [1.165, 1.54) is 24.5 Å². The van der Waals surface area contributed by atoms with Crippen molar-refractivity contribution in [3.8, 4) is 0 Å². The molecule has 3 aromatic rings. The van der Waals surface area contributed by atoms with E-state index in [2.05, 4.69) is 5.32 Å². The molecule has 0 aliphatic heterocycles. The van der Waals surface area contributed by atoms with Gasteiger partial charge in [-0.2, -0.15) is 0 Å². The van der Waals surface area contributed by atoms with Crippen molar-refractivity contribution in [2.45, 2.75) is 26.4 Å². The van der Waals surface area contributed by atoms with Gasteiger partial charge in [0.1, 0.15) is 17.6 Å². The van der Waals surface area contributed by atoms with Crippen LogP contribution < -0.4 is 5.32 Å². The minimum absolute atomic E-state index is 0.127. The number of thiophene rings is 1. The van der Waals surface area contributed by atoms with Crippen LogP contribution in [-0.2, 0) is 16.1 Å². The van der Waals surface area contributed by atoms with Crippen LogP contribution in [0, 0.1) is 11.7 Å². The number of fused-ring (bicyclic) bond motifs is 1. The van der Waals surface area contributed by atoms with Crippen LogP contribution in [0.1, 0.15) is 29.9 Å². The van der Waals surface area contributed by atoms with Gasteiger partial charge in [0.2, 0.25) is 0 Å². The molecule has 1 N–H and O–H groups in total. The molecule has 0 saturated carbocycles. The number of rotatable bonds is 6. The lowest BCUT2D eigenvalue weighted by molar-refractivity contribution is -0.144. The van der Waals surface area contributed by atoms with Crippen molar-refractivity contribution in [2.24, 2.45) is 5.92 Å². The molecule has 0 saturated heterocycles. The van der Waals surface area contributed by atoms with Crippen molar-refractivity contribution < 1.29 is 18.7 Å². The third-order valence-electron chi connectivity index (χ3n) is 4.45. The average molecular weight is 388 g/mol. The second-order valence-corrected chi connectivity index (χ2v) is 7.54. The highest BCUT2D eigenvalue weighted by atomic mass is 32.1. The van der Waals surface area contributed by atoms with E-state index in [4.69, 9.17) is 4.74 Å². The summed E-state index contributed by atoms with van der Waals surface area (Å²) in [5.74, 6) is -1.33. The summed E-state index contributed by atoms with van der Waals surface area (Å²) >= 11 is 1.50. The molecule has 0 spiro atoms. The standard InChI is InChI=1S/C20H21FN2O3S/c1-12(2)18(20(25)26-3)22-19(24)16-10-17-15(8-9-27-17)23(16)11-13-6-4-5-7-14(13)21/h4-10,12,18H,11H2,1-3H3,(H,22,24)/t18-/m0/s1. The van der Waals surface area contributed by atoms with Crippen LogP contribution >= 0.6 is 11.3 Å². The van der Waals surface area contributed by atoms with Gasteiger partial charge in [0.15, 0.2) is 0 Å². The van der Waals surface area contributed by atoms with Gasteiger partial charge >= 0.3 is 5.97 Å². The van der Waals surface area contributed by atoms with Crippen molar-refractivity contribution in [1.29, 1.82) is 0 Å². The summed E-state index contributed by atoms with van der Waals surface area (Å²) in [7, 11) is 1.29. The van der Waals surface area contributed by atoms with Gasteiger partial charge in [-0.05, 0) is 29.5 Å². The Bertz CT molecular complexity index is 977. The third-order valence-corrected chi connectivity index (χ3v) is 5.30. The van der Waals surface area contributed by atoms with Crippen molar-refractivity contribution in [3.05, 3.63) is 58.9 Å². The van der Waals surface area contributed by atoms with Crippen molar-refractivity contribution in [2.75, 3.05) is 7.11 Å². The highest BCUT2D eigenvalue weighted by molar-refractivity contribution is 7.17. The smallest absolute Gasteiger partial charge is 0.328 e. The number of carbonyl (C=O) groups is 2. The molecule has 1 aromatic carbocycles. The van der Waals surface area contributed by atoms with E-state index in [0.717, 1.165) is 10.2 Å². The number of nitrogens with zero attached hydrogens (tertiary/aromatic N) is 1. The number of hydrogen-bond acceptors (Lipinski definition) is 4. The minimum Gasteiger partial charge on any atom is -0.467 e. The molecule has 0 fully saturated rings. The predicted molar refractivity (Wildman–Crippen MR) is 103 cm³/mol. The van der Waals surface area contributed by atoms with Crippen molar-refractivity contribution >= 4 is 33.4 Å². The predicted octanol–water partition coefficient (Wildman–Crippen LogP) is 3.82. The van der Waals surface area contributed by atoms with E-state index in [9.17, 15) is 14.0 Å². The molecule has 0 bridgehead atoms. The summed E-state index contributed by atoms with van der Waals surface area (Å²) in [5, 5.41) is 4.68. The van der Waals surface area contributed by atoms with Gasteiger partial charge in [-0.1, -0.05) is 32.0 Å². The fraction of sp³-hybridized carbons (Fsp3) is 0.300. The van der Waals surface area contributed by atoms with Crippen LogP contribution in [0.25, 0.3) is 10.2 Å². The monoisotopic (exact) mass is 388 g/mol. The number of aromatic nitrogens is 1. The first-order valence-corrected chi connectivity index (χ1v) is 9.49. The Kier molecular flexibility index (Phi) is 5.60. The first kappa shape index (κ1) is 19.1. The maximum absolute atomic E-state index is 14.1. The molecule has 2 aromatic heterocycles. The molecule has 142 valence electrons. The molecule has 0 aliphatic rings. The zero-order chi connectivity index (χ0) is 19.6. The Morgan fingerprint density at radius 3 is 2.67 bits per heavy atom. The third kappa shape index (κ3) is 3.88. The van der Waals surface area contributed by atoms with Crippen LogP contribution in [0.15, 0.2) is 41.8 Å².